The average Bonchev–Trinajstić information content (AvgIpc) is 3.40. The van der Waals surface area contributed by atoms with Crippen LogP contribution in [-0.4, -0.2) is 43.2 Å². The number of hydrogen-bond donors (Lipinski definition) is 1. The minimum absolute atomic E-state index is 0.00594. The lowest BCUT2D eigenvalue weighted by molar-refractivity contribution is -0.119. The molecule has 2 fully saturated rings. The van der Waals surface area contributed by atoms with Crippen molar-refractivity contribution in [3.05, 3.63) is 47.9 Å². The van der Waals surface area contributed by atoms with Gasteiger partial charge in [0.05, 0.1) is 18.3 Å². The monoisotopic (exact) mass is 412 g/mol. The van der Waals surface area contributed by atoms with E-state index in [1.54, 1.807) is 12.3 Å². The molecule has 0 unspecified atom stereocenters. The first-order chi connectivity index (χ1) is 14.5. The first-order valence-electron chi connectivity index (χ1n) is 10.7. The molecule has 0 bridgehead atoms. The van der Waals surface area contributed by atoms with Crippen LogP contribution < -0.4 is 19.9 Å². The van der Waals surface area contributed by atoms with Crippen LogP contribution in [0, 0.1) is 5.82 Å². The predicted molar refractivity (Wildman–Crippen MR) is 116 cm³/mol. The summed E-state index contributed by atoms with van der Waals surface area (Å²) in [7, 11) is 0. The first kappa shape index (κ1) is 20.4. The van der Waals surface area contributed by atoms with E-state index in [2.05, 4.69) is 15.2 Å². The van der Waals surface area contributed by atoms with Crippen molar-refractivity contribution in [3.63, 3.8) is 0 Å². The molecular weight excluding hydrogens is 383 g/mol. The Balaban J connectivity index is 1.38. The van der Waals surface area contributed by atoms with Gasteiger partial charge in [0.15, 0.2) is 11.6 Å². The normalized spacial score (nSPS) is 19.8. The topological polar surface area (TPSA) is 57.7 Å². The fraction of sp³-hybridized carbons (Fsp3) is 0.478. The van der Waals surface area contributed by atoms with Gasteiger partial charge in [0, 0.05) is 39.2 Å². The highest BCUT2D eigenvalue weighted by Crippen LogP contribution is 2.31. The smallest absolute Gasteiger partial charge is 0.217 e. The lowest BCUT2D eigenvalue weighted by Gasteiger charge is -2.23. The van der Waals surface area contributed by atoms with E-state index in [4.69, 9.17) is 4.74 Å². The Labute approximate surface area is 177 Å². The molecule has 2 saturated heterocycles. The number of pyridine rings is 1. The van der Waals surface area contributed by atoms with Crippen molar-refractivity contribution in [2.24, 2.45) is 0 Å². The van der Waals surface area contributed by atoms with Crippen LogP contribution >= 0.6 is 0 Å². The summed E-state index contributed by atoms with van der Waals surface area (Å²) in [5.41, 5.74) is 1.64. The van der Waals surface area contributed by atoms with Crippen molar-refractivity contribution >= 4 is 17.4 Å². The second-order valence-corrected chi connectivity index (χ2v) is 8.13. The summed E-state index contributed by atoms with van der Waals surface area (Å²) < 4.78 is 21.3. The Hall–Kier alpha value is -2.83. The average molecular weight is 413 g/mol. The van der Waals surface area contributed by atoms with Gasteiger partial charge in [0.1, 0.15) is 11.9 Å². The number of carbonyl (C=O) groups excluding carboxylic acids is 1. The number of halogens is 1. The number of aromatic nitrogens is 1. The van der Waals surface area contributed by atoms with Crippen LogP contribution in [-0.2, 0) is 4.79 Å². The molecule has 3 heterocycles. The summed E-state index contributed by atoms with van der Waals surface area (Å²) in [6.45, 7) is 6.60. The van der Waals surface area contributed by atoms with Crippen molar-refractivity contribution in [1.29, 1.82) is 0 Å². The van der Waals surface area contributed by atoms with E-state index in [-0.39, 0.29) is 23.9 Å². The van der Waals surface area contributed by atoms with E-state index in [9.17, 15) is 4.79 Å². The quantitative estimate of drug-likeness (QED) is 0.785. The number of amides is 1. The van der Waals surface area contributed by atoms with E-state index in [0.29, 0.717) is 18.1 Å². The molecule has 1 amide bonds. The van der Waals surface area contributed by atoms with Gasteiger partial charge in [-0.05, 0) is 43.5 Å². The van der Waals surface area contributed by atoms with Gasteiger partial charge in [-0.3, -0.25) is 4.79 Å². The Morgan fingerprint density at radius 1 is 1.17 bits per heavy atom. The third-order valence-electron chi connectivity index (χ3n) is 5.84. The maximum absolute atomic E-state index is 15.1. The number of benzene rings is 1. The highest BCUT2D eigenvalue weighted by atomic mass is 19.1. The number of anilines is 2. The molecule has 2 aliphatic heterocycles. The maximum atomic E-state index is 15.1. The van der Waals surface area contributed by atoms with Crippen LogP contribution in [0.5, 0.6) is 5.75 Å². The van der Waals surface area contributed by atoms with Gasteiger partial charge in [-0.25, -0.2) is 9.37 Å². The minimum atomic E-state index is -0.226. The molecule has 2 aromatic rings. The first-order valence-corrected chi connectivity index (χ1v) is 10.7. The van der Waals surface area contributed by atoms with Crippen molar-refractivity contribution in [2.45, 2.75) is 45.3 Å². The van der Waals surface area contributed by atoms with Crippen LogP contribution in [0.4, 0.5) is 15.9 Å². The molecule has 7 heteroatoms. The lowest BCUT2D eigenvalue weighted by atomic mass is 10.1. The fourth-order valence-corrected chi connectivity index (χ4v) is 4.28. The standard InChI is InChI=1S/C23H29FN4O2/c1-16(26-17(2)29)18-5-7-19(8-6-18)30-20-10-14-28(15-20)21-9-11-25-23(22(21)24)27-12-3-4-13-27/h5-9,11,16,20H,3-4,10,12-15H2,1-2H3,(H,26,29)/t16-,20+/m0/s1. The predicted octanol–water partition coefficient (Wildman–Crippen LogP) is 3.68. The van der Waals surface area contributed by atoms with E-state index in [0.717, 1.165) is 50.2 Å². The van der Waals surface area contributed by atoms with Gasteiger partial charge in [-0.2, -0.15) is 0 Å². The summed E-state index contributed by atoms with van der Waals surface area (Å²) in [6.07, 6.45) is 4.73. The Kier molecular flexibility index (Phi) is 6.06. The molecule has 0 spiro atoms. The summed E-state index contributed by atoms with van der Waals surface area (Å²) in [5.74, 6) is 0.980. The zero-order valence-corrected chi connectivity index (χ0v) is 17.6. The highest BCUT2D eigenvalue weighted by Gasteiger charge is 2.28. The Bertz CT molecular complexity index is 883. The molecule has 30 heavy (non-hydrogen) atoms. The summed E-state index contributed by atoms with van der Waals surface area (Å²) in [4.78, 5) is 19.6. The number of ether oxygens (including phenoxy) is 1. The molecule has 160 valence electrons. The van der Waals surface area contributed by atoms with Crippen molar-refractivity contribution in [2.75, 3.05) is 36.0 Å². The molecular formula is C23H29FN4O2. The third kappa shape index (κ3) is 4.50. The molecule has 0 radical (unpaired) electrons. The number of nitrogens with zero attached hydrogens (tertiary/aromatic N) is 3. The lowest BCUT2D eigenvalue weighted by Crippen LogP contribution is -2.27. The molecule has 1 aromatic heterocycles. The molecule has 6 nitrogen and oxygen atoms in total. The van der Waals surface area contributed by atoms with Crippen LogP contribution in [0.15, 0.2) is 36.5 Å². The molecule has 0 aliphatic carbocycles. The van der Waals surface area contributed by atoms with Crippen molar-refractivity contribution in [3.8, 4) is 5.75 Å². The molecule has 0 saturated carbocycles. The maximum Gasteiger partial charge on any atom is 0.217 e. The number of carbonyl (C=O) groups is 1. The number of hydrogen-bond acceptors (Lipinski definition) is 5. The van der Waals surface area contributed by atoms with Gasteiger partial charge < -0.3 is 19.9 Å². The van der Waals surface area contributed by atoms with Crippen LogP contribution in [0.25, 0.3) is 0 Å². The van der Waals surface area contributed by atoms with Crippen LogP contribution in [0.2, 0.25) is 0 Å². The summed E-state index contributed by atoms with van der Waals surface area (Å²) in [6, 6.07) is 9.50. The van der Waals surface area contributed by atoms with E-state index in [1.165, 1.54) is 6.92 Å². The van der Waals surface area contributed by atoms with E-state index >= 15 is 4.39 Å². The zero-order chi connectivity index (χ0) is 21.1. The number of nitrogens with one attached hydrogen (secondary N) is 1. The van der Waals surface area contributed by atoms with Gasteiger partial charge in [0.25, 0.3) is 0 Å². The second kappa shape index (κ2) is 8.90. The van der Waals surface area contributed by atoms with Crippen LogP contribution in [0.3, 0.4) is 0 Å². The molecule has 1 N–H and O–H groups in total. The molecule has 2 aliphatic rings. The van der Waals surface area contributed by atoms with Crippen LogP contribution in [0.1, 0.15) is 44.7 Å². The number of rotatable bonds is 6. The van der Waals surface area contributed by atoms with Gasteiger partial charge in [-0.1, -0.05) is 12.1 Å². The van der Waals surface area contributed by atoms with Crippen molar-refractivity contribution in [1.82, 2.24) is 10.3 Å². The van der Waals surface area contributed by atoms with E-state index in [1.807, 2.05) is 36.1 Å². The highest BCUT2D eigenvalue weighted by molar-refractivity contribution is 5.73. The second-order valence-electron chi connectivity index (χ2n) is 8.13. The largest absolute Gasteiger partial charge is 0.489 e. The van der Waals surface area contributed by atoms with Crippen molar-refractivity contribution < 1.29 is 13.9 Å². The Morgan fingerprint density at radius 3 is 2.60 bits per heavy atom. The summed E-state index contributed by atoms with van der Waals surface area (Å²) in [5, 5.41) is 2.88. The molecule has 2 atom stereocenters. The minimum Gasteiger partial charge on any atom is -0.489 e. The Morgan fingerprint density at radius 2 is 1.90 bits per heavy atom. The van der Waals surface area contributed by atoms with Gasteiger partial charge in [0.2, 0.25) is 5.91 Å². The van der Waals surface area contributed by atoms with Gasteiger partial charge >= 0.3 is 0 Å². The molecule has 4 rings (SSSR count). The fourth-order valence-electron chi connectivity index (χ4n) is 4.28. The zero-order valence-electron chi connectivity index (χ0n) is 17.6. The molecule has 1 aromatic carbocycles. The SMILES string of the molecule is CC(=O)N[C@@H](C)c1ccc(O[C@@H]2CCN(c3ccnc(N4CCCC4)c3F)C2)cc1. The summed E-state index contributed by atoms with van der Waals surface area (Å²) >= 11 is 0. The third-order valence-corrected chi connectivity index (χ3v) is 5.84. The van der Waals surface area contributed by atoms with Gasteiger partial charge in [-0.15, -0.1) is 0 Å². The van der Waals surface area contributed by atoms with E-state index < -0.39 is 0 Å².